The molecule has 2 amide bonds. The van der Waals surface area contributed by atoms with E-state index in [-0.39, 0.29) is 11.8 Å². The summed E-state index contributed by atoms with van der Waals surface area (Å²) in [6.07, 6.45) is 1.50. The van der Waals surface area contributed by atoms with Crippen molar-refractivity contribution in [2.75, 3.05) is 7.11 Å². The molecule has 0 aliphatic rings. The smallest absolute Gasteiger partial charge is 0.243 e. The maximum Gasteiger partial charge on any atom is 0.243 e. The molecule has 0 bridgehead atoms. The number of rotatable bonds is 11. The number of hydrogen-bond acceptors (Lipinski definition) is 3. The van der Waals surface area contributed by atoms with Crippen molar-refractivity contribution in [3.8, 4) is 5.75 Å². The highest BCUT2D eigenvalue weighted by atomic mass is 35.5. The average Bonchev–Trinajstić information content (AvgIpc) is 2.86. The van der Waals surface area contributed by atoms with Gasteiger partial charge in [-0.1, -0.05) is 79.2 Å². The van der Waals surface area contributed by atoms with Gasteiger partial charge in [0.05, 0.1) is 7.11 Å². The summed E-state index contributed by atoms with van der Waals surface area (Å²) in [5.41, 5.74) is 2.79. The van der Waals surface area contributed by atoms with E-state index in [1.54, 1.807) is 24.1 Å². The molecule has 0 aliphatic carbocycles. The summed E-state index contributed by atoms with van der Waals surface area (Å²) in [6.45, 7) is 2.60. The number of ether oxygens (including phenoxy) is 1. The van der Waals surface area contributed by atoms with E-state index in [1.807, 2.05) is 73.7 Å². The van der Waals surface area contributed by atoms with Crippen LogP contribution in [0.15, 0.2) is 78.9 Å². The number of benzene rings is 3. The van der Waals surface area contributed by atoms with Crippen molar-refractivity contribution < 1.29 is 14.3 Å². The first-order chi connectivity index (χ1) is 16.5. The molecule has 0 aliphatic heterocycles. The van der Waals surface area contributed by atoms with Gasteiger partial charge in [0, 0.05) is 36.5 Å². The molecule has 0 aromatic heterocycles. The van der Waals surface area contributed by atoms with Gasteiger partial charge in [0.1, 0.15) is 11.8 Å². The van der Waals surface area contributed by atoms with Gasteiger partial charge in [-0.2, -0.15) is 0 Å². The first-order valence-electron chi connectivity index (χ1n) is 11.5. The van der Waals surface area contributed by atoms with Crippen LogP contribution in [0.2, 0.25) is 5.02 Å². The summed E-state index contributed by atoms with van der Waals surface area (Å²) in [6, 6.07) is 24.1. The summed E-state index contributed by atoms with van der Waals surface area (Å²) in [7, 11) is 1.61. The number of methoxy groups -OCH3 is 1. The number of halogens is 1. The Labute approximate surface area is 206 Å². The number of carbonyl (C=O) groups is 2. The Kier molecular flexibility index (Phi) is 9.53. The van der Waals surface area contributed by atoms with Crippen LogP contribution < -0.4 is 10.1 Å². The fourth-order valence-corrected chi connectivity index (χ4v) is 3.97. The Morgan fingerprint density at radius 1 is 0.941 bits per heavy atom. The molecule has 3 rings (SSSR count). The second-order valence-corrected chi connectivity index (χ2v) is 8.57. The van der Waals surface area contributed by atoms with E-state index in [9.17, 15) is 9.59 Å². The van der Waals surface area contributed by atoms with E-state index in [2.05, 4.69) is 5.32 Å². The van der Waals surface area contributed by atoms with Gasteiger partial charge in [0.15, 0.2) is 0 Å². The Morgan fingerprint density at radius 2 is 1.62 bits per heavy atom. The van der Waals surface area contributed by atoms with E-state index in [1.165, 1.54) is 0 Å². The first-order valence-corrected chi connectivity index (χ1v) is 11.9. The van der Waals surface area contributed by atoms with Gasteiger partial charge in [-0.3, -0.25) is 9.59 Å². The van der Waals surface area contributed by atoms with Gasteiger partial charge in [-0.25, -0.2) is 0 Å². The molecule has 0 saturated carbocycles. The van der Waals surface area contributed by atoms with Gasteiger partial charge in [0.2, 0.25) is 11.8 Å². The van der Waals surface area contributed by atoms with Crippen LogP contribution in [0.25, 0.3) is 0 Å². The predicted molar refractivity (Wildman–Crippen MR) is 136 cm³/mol. The van der Waals surface area contributed by atoms with Crippen LogP contribution in [-0.2, 0) is 29.1 Å². The third-order valence-electron chi connectivity index (χ3n) is 5.65. The molecule has 0 radical (unpaired) electrons. The fourth-order valence-electron chi connectivity index (χ4n) is 3.85. The van der Waals surface area contributed by atoms with Crippen molar-refractivity contribution in [1.82, 2.24) is 10.2 Å². The molecule has 6 heteroatoms. The molecule has 0 saturated heterocycles. The summed E-state index contributed by atoms with van der Waals surface area (Å²) in [5, 5.41) is 3.66. The van der Waals surface area contributed by atoms with E-state index in [4.69, 9.17) is 16.3 Å². The van der Waals surface area contributed by atoms with E-state index >= 15 is 0 Å². The zero-order chi connectivity index (χ0) is 24.3. The highest BCUT2D eigenvalue weighted by molar-refractivity contribution is 6.30. The molecule has 1 N–H and O–H groups in total. The highest BCUT2D eigenvalue weighted by Crippen LogP contribution is 2.20. The Balaban J connectivity index is 1.88. The van der Waals surface area contributed by atoms with Crippen LogP contribution in [-0.4, -0.2) is 29.9 Å². The SMILES string of the molecule is CCCC(=O)N(Cc1ccc(Cl)cc1)C(Cc1ccccc1)C(=O)NCc1ccccc1OC. The minimum absolute atomic E-state index is 0.0502. The van der Waals surface area contributed by atoms with Crippen LogP contribution in [0.3, 0.4) is 0 Å². The number of nitrogens with zero attached hydrogens (tertiary/aromatic N) is 1. The minimum Gasteiger partial charge on any atom is -0.496 e. The van der Waals surface area contributed by atoms with Gasteiger partial charge < -0.3 is 15.0 Å². The first kappa shape index (κ1) is 25.3. The zero-order valence-corrected chi connectivity index (χ0v) is 20.4. The fraction of sp³-hybridized carbons (Fsp3) is 0.286. The van der Waals surface area contributed by atoms with Crippen LogP contribution in [0, 0.1) is 0 Å². The molecule has 0 spiro atoms. The lowest BCUT2D eigenvalue weighted by Crippen LogP contribution is -2.50. The molecule has 3 aromatic rings. The number of carbonyl (C=O) groups excluding carboxylic acids is 2. The number of para-hydroxylation sites is 1. The highest BCUT2D eigenvalue weighted by Gasteiger charge is 2.30. The zero-order valence-electron chi connectivity index (χ0n) is 19.7. The molecule has 5 nitrogen and oxygen atoms in total. The van der Waals surface area contributed by atoms with Crippen molar-refractivity contribution in [2.24, 2.45) is 0 Å². The molecule has 3 aromatic carbocycles. The molecule has 1 atom stereocenters. The molecular weight excluding hydrogens is 448 g/mol. The monoisotopic (exact) mass is 478 g/mol. The van der Waals surface area contributed by atoms with Crippen molar-refractivity contribution in [2.45, 2.75) is 45.3 Å². The Hall–Kier alpha value is -3.31. The van der Waals surface area contributed by atoms with Crippen molar-refractivity contribution in [3.05, 3.63) is 101 Å². The Morgan fingerprint density at radius 3 is 2.29 bits per heavy atom. The van der Waals surface area contributed by atoms with Gasteiger partial charge >= 0.3 is 0 Å². The van der Waals surface area contributed by atoms with E-state index in [0.29, 0.717) is 43.1 Å². The van der Waals surface area contributed by atoms with Crippen molar-refractivity contribution in [3.63, 3.8) is 0 Å². The second kappa shape index (κ2) is 12.8. The van der Waals surface area contributed by atoms with E-state index in [0.717, 1.165) is 16.7 Å². The second-order valence-electron chi connectivity index (χ2n) is 8.13. The summed E-state index contributed by atoms with van der Waals surface area (Å²) in [4.78, 5) is 28.5. The van der Waals surface area contributed by atoms with Gasteiger partial charge in [0.25, 0.3) is 0 Å². The van der Waals surface area contributed by atoms with Crippen LogP contribution in [0.1, 0.15) is 36.5 Å². The lowest BCUT2D eigenvalue weighted by molar-refractivity contribution is -0.141. The average molecular weight is 479 g/mol. The quantitative estimate of drug-likeness (QED) is 0.401. The normalized spacial score (nSPS) is 11.5. The summed E-state index contributed by atoms with van der Waals surface area (Å²) < 4.78 is 5.41. The topological polar surface area (TPSA) is 58.6 Å². The molecule has 0 heterocycles. The molecular formula is C28H31ClN2O3. The lowest BCUT2D eigenvalue weighted by Gasteiger charge is -2.31. The number of hydrogen-bond donors (Lipinski definition) is 1. The van der Waals surface area contributed by atoms with Gasteiger partial charge in [-0.15, -0.1) is 0 Å². The minimum atomic E-state index is -0.660. The lowest BCUT2D eigenvalue weighted by atomic mass is 10.0. The summed E-state index contributed by atoms with van der Waals surface area (Å²) in [5.74, 6) is 0.460. The maximum atomic E-state index is 13.5. The molecule has 0 fully saturated rings. The van der Waals surface area contributed by atoms with Gasteiger partial charge in [-0.05, 0) is 35.7 Å². The molecule has 34 heavy (non-hydrogen) atoms. The maximum absolute atomic E-state index is 13.5. The third-order valence-corrected chi connectivity index (χ3v) is 5.90. The number of nitrogens with one attached hydrogen (secondary N) is 1. The summed E-state index contributed by atoms with van der Waals surface area (Å²) >= 11 is 6.05. The standard InChI is InChI=1S/C28H31ClN2O3/c1-3-9-27(32)31(20-22-14-16-24(29)17-15-22)25(18-21-10-5-4-6-11-21)28(33)30-19-23-12-7-8-13-26(23)34-2/h4-8,10-17,25H,3,9,18-20H2,1-2H3,(H,30,33). The van der Waals surface area contributed by atoms with E-state index < -0.39 is 6.04 Å². The Bertz CT molecular complexity index is 1070. The van der Waals surface area contributed by atoms with Crippen LogP contribution in [0.5, 0.6) is 5.75 Å². The van der Waals surface area contributed by atoms with Crippen molar-refractivity contribution >= 4 is 23.4 Å². The molecule has 178 valence electrons. The van der Waals surface area contributed by atoms with Crippen molar-refractivity contribution in [1.29, 1.82) is 0 Å². The van der Waals surface area contributed by atoms with Crippen LogP contribution in [0.4, 0.5) is 0 Å². The third kappa shape index (κ3) is 7.09. The van der Waals surface area contributed by atoms with Crippen LogP contribution >= 0.6 is 11.6 Å². The number of amides is 2. The predicted octanol–water partition coefficient (Wildman–Crippen LogP) is 5.41. The molecule has 1 unspecified atom stereocenters. The largest absolute Gasteiger partial charge is 0.496 e.